The van der Waals surface area contributed by atoms with Crippen LogP contribution in [0.2, 0.25) is 0 Å². The summed E-state index contributed by atoms with van der Waals surface area (Å²) in [7, 11) is -3.95. The van der Waals surface area contributed by atoms with Crippen LogP contribution in [-0.4, -0.2) is 39.6 Å². The van der Waals surface area contributed by atoms with Crippen molar-refractivity contribution in [2.45, 2.75) is 44.7 Å². The van der Waals surface area contributed by atoms with Crippen LogP contribution in [-0.2, 0) is 32.6 Å². The first kappa shape index (κ1) is 23.1. The molecule has 0 spiro atoms. The zero-order valence-corrected chi connectivity index (χ0v) is 19.6. The molecule has 0 fully saturated rings. The number of benzene rings is 2. The first-order valence-electron chi connectivity index (χ1n) is 10.8. The maximum Gasteiger partial charge on any atom is 0.241 e. The number of hydrogen-bond donors (Lipinski definition) is 2. The third kappa shape index (κ3) is 4.81. The number of sulfonamides is 1. The molecule has 0 radical (unpaired) electrons. The maximum absolute atomic E-state index is 13.1. The number of nitrogens with one attached hydrogen (secondary N) is 2. The van der Waals surface area contributed by atoms with Crippen molar-refractivity contribution in [3.05, 3.63) is 47.5 Å². The molecule has 0 saturated carbocycles. The molecule has 2 aromatic carbocycles. The number of hydrogen-bond acceptors (Lipinski definition) is 6. The van der Waals surface area contributed by atoms with Gasteiger partial charge >= 0.3 is 0 Å². The molecular formula is C23H27N3O6S. The molecular weight excluding hydrogens is 446 g/mol. The molecule has 0 unspecified atom stereocenters. The number of nitrogens with zero attached hydrogens (tertiary/aromatic N) is 1. The Bertz CT molecular complexity index is 1190. The molecule has 0 aromatic heterocycles. The summed E-state index contributed by atoms with van der Waals surface area (Å²) < 4.78 is 39.3. The summed E-state index contributed by atoms with van der Waals surface area (Å²) in [5, 5.41) is 2.80. The van der Waals surface area contributed by atoms with Crippen LogP contribution < -0.4 is 24.4 Å². The molecule has 2 aliphatic heterocycles. The quantitative estimate of drug-likeness (QED) is 0.635. The van der Waals surface area contributed by atoms with Crippen LogP contribution in [0.4, 0.5) is 5.69 Å². The summed E-state index contributed by atoms with van der Waals surface area (Å²) >= 11 is 0. The second kappa shape index (κ2) is 9.03. The van der Waals surface area contributed by atoms with Gasteiger partial charge in [-0.15, -0.1) is 0 Å². The van der Waals surface area contributed by atoms with Gasteiger partial charge in [0.2, 0.25) is 28.6 Å². The van der Waals surface area contributed by atoms with Gasteiger partial charge in [0.05, 0.1) is 4.90 Å². The summed E-state index contributed by atoms with van der Waals surface area (Å²) in [5.41, 5.74) is 2.33. The van der Waals surface area contributed by atoms with E-state index < -0.39 is 22.0 Å². The summed E-state index contributed by atoms with van der Waals surface area (Å²) in [6.07, 6.45) is 0.585. The molecule has 2 aliphatic rings. The fourth-order valence-corrected chi connectivity index (χ4v) is 5.34. The lowest BCUT2D eigenvalue weighted by molar-refractivity contribution is -0.123. The highest BCUT2D eigenvalue weighted by atomic mass is 32.2. The number of amides is 2. The smallest absolute Gasteiger partial charge is 0.241 e. The molecule has 10 heteroatoms. The van der Waals surface area contributed by atoms with Gasteiger partial charge in [-0.1, -0.05) is 19.9 Å². The van der Waals surface area contributed by atoms with Crippen molar-refractivity contribution in [2.75, 3.05) is 18.2 Å². The first-order valence-corrected chi connectivity index (χ1v) is 12.2. The SMILES string of the molecule is CC(=O)N1CCc2cc(S(=O)(=O)N[C@H](C(=O)NCc3ccc4c(c3)OCO4)C(C)C)ccc21. The summed E-state index contributed by atoms with van der Waals surface area (Å²) in [5.74, 6) is 0.484. The van der Waals surface area contributed by atoms with Crippen LogP contribution >= 0.6 is 0 Å². The second-order valence-electron chi connectivity index (χ2n) is 8.46. The van der Waals surface area contributed by atoms with Gasteiger partial charge in [-0.05, 0) is 53.8 Å². The number of fused-ring (bicyclic) bond motifs is 2. The number of anilines is 1. The normalized spacial score (nSPS) is 15.5. The zero-order valence-electron chi connectivity index (χ0n) is 18.8. The average molecular weight is 474 g/mol. The topological polar surface area (TPSA) is 114 Å². The Morgan fingerprint density at radius 1 is 1.09 bits per heavy atom. The van der Waals surface area contributed by atoms with Gasteiger partial charge in [0.25, 0.3) is 0 Å². The minimum atomic E-state index is -3.95. The average Bonchev–Trinajstić information content (AvgIpc) is 3.41. The standard InChI is InChI=1S/C23H27N3O6S/c1-14(2)22(23(28)24-12-16-4-7-20-21(10-16)32-13-31-20)25-33(29,30)18-5-6-19-17(11-18)8-9-26(19)15(3)27/h4-7,10-11,14,22,25H,8-9,12-13H2,1-3H3,(H,24,28)/t22-/m0/s1. The predicted octanol–water partition coefficient (Wildman–Crippen LogP) is 1.94. The molecule has 0 aliphatic carbocycles. The molecule has 2 amide bonds. The van der Waals surface area contributed by atoms with E-state index >= 15 is 0 Å². The first-order chi connectivity index (χ1) is 15.7. The molecule has 9 nitrogen and oxygen atoms in total. The minimum absolute atomic E-state index is 0.0703. The minimum Gasteiger partial charge on any atom is -0.454 e. The summed E-state index contributed by atoms with van der Waals surface area (Å²) in [4.78, 5) is 26.3. The second-order valence-corrected chi connectivity index (χ2v) is 10.2. The summed E-state index contributed by atoms with van der Waals surface area (Å²) in [6, 6.07) is 9.09. The van der Waals surface area contributed by atoms with Crippen molar-refractivity contribution in [3.63, 3.8) is 0 Å². The highest BCUT2D eigenvalue weighted by Gasteiger charge is 2.30. The summed E-state index contributed by atoms with van der Waals surface area (Å²) in [6.45, 7) is 5.95. The monoisotopic (exact) mass is 473 g/mol. The Labute approximate surface area is 193 Å². The number of carbonyl (C=O) groups excluding carboxylic acids is 2. The fraction of sp³-hybridized carbons (Fsp3) is 0.391. The van der Waals surface area contributed by atoms with E-state index in [-0.39, 0.29) is 30.1 Å². The van der Waals surface area contributed by atoms with Crippen molar-refractivity contribution in [2.24, 2.45) is 5.92 Å². The number of ether oxygens (including phenoxy) is 2. The number of rotatable bonds is 7. The molecule has 0 bridgehead atoms. The van der Waals surface area contributed by atoms with E-state index in [1.54, 1.807) is 43.0 Å². The highest BCUT2D eigenvalue weighted by molar-refractivity contribution is 7.89. The van der Waals surface area contributed by atoms with Gasteiger partial charge in [-0.3, -0.25) is 9.59 Å². The molecule has 33 heavy (non-hydrogen) atoms. The van der Waals surface area contributed by atoms with E-state index in [4.69, 9.17) is 9.47 Å². The molecule has 4 rings (SSSR count). The van der Waals surface area contributed by atoms with Gasteiger partial charge < -0.3 is 19.7 Å². The van der Waals surface area contributed by atoms with Crippen LogP contribution in [0.5, 0.6) is 11.5 Å². The lowest BCUT2D eigenvalue weighted by atomic mass is 10.0. The van der Waals surface area contributed by atoms with E-state index in [0.717, 1.165) is 16.8 Å². The number of carbonyl (C=O) groups is 2. The Morgan fingerprint density at radius 3 is 2.58 bits per heavy atom. The molecule has 2 heterocycles. The Kier molecular flexibility index (Phi) is 6.31. The highest BCUT2D eigenvalue weighted by Crippen LogP contribution is 2.32. The predicted molar refractivity (Wildman–Crippen MR) is 122 cm³/mol. The van der Waals surface area contributed by atoms with Crippen molar-refractivity contribution in [1.82, 2.24) is 10.0 Å². The van der Waals surface area contributed by atoms with Crippen LogP contribution in [0.1, 0.15) is 31.9 Å². The van der Waals surface area contributed by atoms with Gasteiger partial charge in [0.15, 0.2) is 11.5 Å². The fourth-order valence-electron chi connectivity index (χ4n) is 3.95. The largest absolute Gasteiger partial charge is 0.454 e. The van der Waals surface area contributed by atoms with Crippen molar-refractivity contribution >= 4 is 27.5 Å². The van der Waals surface area contributed by atoms with E-state index in [9.17, 15) is 18.0 Å². The van der Waals surface area contributed by atoms with Gasteiger partial charge in [-0.25, -0.2) is 8.42 Å². The van der Waals surface area contributed by atoms with Gasteiger partial charge in [0.1, 0.15) is 6.04 Å². The Balaban J connectivity index is 1.45. The lowest BCUT2D eigenvalue weighted by Gasteiger charge is -2.22. The molecule has 176 valence electrons. The zero-order chi connectivity index (χ0) is 23.8. The molecule has 1 atom stereocenters. The third-order valence-corrected chi connectivity index (χ3v) is 7.21. The van der Waals surface area contributed by atoms with E-state index in [1.165, 1.54) is 13.0 Å². The van der Waals surface area contributed by atoms with Gasteiger partial charge in [0, 0.05) is 25.7 Å². The van der Waals surface area contributed by atoms with Crippen LogP contribution in [0, 0.1) is 5.92 Å². The molecule has 2 N–H and O–H groups in total. The molecule has 2 aromatic rings. The van der Waals surface area contributed by atoms with Crippen molar-refractivity contribution < 1.29 is 27.5 Å². The van der Waals surface area contributed by atoms with Crippen LogP contribution in [0.15, 0.2) is 41.3 Å². The Morgan fingerprint density at radius 2 is 1.85 bits per heavy atom. The Hall–Kier alpha value is -3.11. The maximum atomic E-state index is 13.1. The van der Waals surface area contributed by atoms with E-state index in [0.29, 0.717) is 24.5 Å². The molecule has 0 saturated heterocycles. The van der Waals surface area contributed by atoms with Gasteiger partial charge in [-0.2, -0.15) is 4.72 Å². The third-order valence-electron chi connectivity index (χ3n) is 5.77. The lowest BCUT2D eigenvalue weighted by Crippen LogP contribution is -2.49. The van der Waals surface area contributed by atoms with E-state index in [2.05, 4.69) is 10.0 Å². The van der Waals surface area contributed by atoms with Crippen molar-refractivity contribution in [3.8, 4) is 11.5 Å². The van der Waals surface area contributed by atoms with Crippen LogP contribution in [0.25, 0.3) is 0 Å². The van der Waals surface area contributed by atoms with E-state index in [1.807, 2.05) is 6.07 Å². The van der Waals surface area contributed by atoms with Crippen LogP contribution in [0.3, 0.4) is 0 Å². The van der Waals surface area contributed by atoms with Crippen molar-refractivity contribution in [1.29, 1.82) is 0 Å².